The van der Waals surface area contributed by atoms with Crippen LogP contribution in [0.15, 0.2) is 35.9 Å². The zero-order chi connectivity index (χ0) is 19.2. The lowest BCUT2D eigenvalue weighted by molar-refractivity contribution is -0.132. The lowest BCUT2D eigenvalue weighted by atomic mass is 9.86. The number of nitrogens with one attached hydrogen (secondary N) is 1. The zero-order valence-corrected chi connectivity index (χ0v) is 16.6. The van der Waals surface area contributed by atoms with Crippen molar-refractivity contribution < 1.29 is 9.59 Å². The van der Waals surface area contributed by atoms with E-state index >= 15 is 0 Å². The van der Waals surface area contributed by atoms with E-state index in [1.54, 1.807) is 4.90 Å². The largest absolute Gasteiger partial charge is 0.333 e. The number of para-hydroxylation sites is 1. The summed E-state index contributed by atoms with van der Waals surface area (Å²) < 4.78 is 0. The molecule has 4 nitrogen and oxygen atoms in total. The van der Waals surface area contributed by atoms with E-state index in [1.165, 1.54) is 25.3 Å². The standard InChI is InChI=1S/C22H32N2O2/c1-17(25)24(15-14-18-10-6-5-7-11-18)16-21(26)23-20-13-9-8-12-19(20)22(2,3)4/h8-10,12-13H,5-7,11,14-16H2,1-4H3,(H,23,26). The fourth-order valence-electron chi connectivity index (χ4n) is 3.37. The minimum atomic E-state index is -0.144. The number of rotatable bonds is 6. The topological polar surface area (TPSA) is 49.4 Å². The minimum Gasteiger partial charge on any atom is -0.333 e. The van der Waals surface area contributed by atoms with Crippen molar-refractivity contribution in [1.29, 1.82) is 0 Å². The van der Waals surface area contributed by atoms with E-state index < -0.39 is 0 Å². The normalized spacial score (nSPS) is 14.5. The average Bonchev–Trinajstić information content (AvgIpc) is 2.58. The molecule has 2 amide bonds. The van der Waals surface area contributed by atoms with Gasteiger partial charge in [-0.1, -0.05) is 50.6 Å². The van der Waals surface area contributed by atoms with Crippen LogP contribution in [0, 0.1) is 0 Å². The van der Waals surface area contributed by atoms with Gasteiger partial charge in [-0.2, -0.15) is 0 Å². The number of carbonyl (C=O) groups excluding carboxylic acids is 2. The quantitative estimate of drug-likeness (QED) is 0.754. The first-order chi connectivity index (χ1) is 12.3. The zero-order valence-electron chi connectivity index (χ0n) is 16.6. The highest BCUT2D eigenvalue weighted by Gasteiger charge is 2.20. The average molecular weight is 357 g/mol. The maximum atomic E-state index is 12.5. The number of allylic oxidation sites excluding steroid dienone is 1. The second kappa shape index (κ2) is 9.02. The van der Waals surface area contributed by atoms with Gasteiger partial charge in [0.25, 0.3) is 0 Å². The molecule has 0 saturated carbocycles. The van der Waals surface area contributed by atoms with Crippen LogP contribution in [0.2, 0.25) is 0 Å². The second-order valence-electron chi connectivity index (χ2n) is 8.14. The van der Waals surface area contributed by atoms with E-state index in [0.29, 0.717) is 6.54 Å². The van der Waals surface area contributed by atoms with Crippen LogP contribution in [0.25, 0.3) is 0 Å². The molecule has 0 spiro atoms. The summed E-state index contributed by atoms with van der Waals surface area (Å²) in [4.78, 5) is 26.1. The Morgan fingerprint density at radius 1 is 1.15 bits per heavy atom. The van der Waals surface area contributed by atoms with Crippen molar-refractivity contribution in [2.75, 3.05) is 18.4 Å². The van der Waals surface area contributed by atoms with Gasteiger partial charge < -0.3 is 10.2 Å². The number of hydrogen-bond acceptors (Lipinski definition) is 2. The van der Waals surface area contributed by atoms with Gasteiger partial charge in [0, 0.05) is 19.2 Å². The van der Waals surface area contributed by atoms with Crippen molar-refractivity contribution in [2.24, 2.45) is 0 Å². The lowest BCUT2D eigenvalue weighted by Crippen LogP contribution is -2.37. The fraction of sp³-hybridized carbons (Fsp3) is 0.545. The molecule has 142 valence electrons. The summed E-state index contributed by atoms with van der Waals surface area (Å²) in [5.74, 6) is -0.199. The Hall–Kier alpha value is -2.10. The van der Waals surface area contributed by atoms with Crippen molar-refractivity contribution in [3.05, 3.63) is 41.5 Å². The molecule has 0 fully saturated rings. The predicted octanol–water partition coefficient (Wildman–Crippen LogP) is 4.66. The van der Waals surface area contributed by atoms with Crippen molar-refractivity contribution in [2.45, 2.75) is 65.2 Å². The predicted molar refractivity (Wildman–Crippen MR) is 107 cm³/mol. The highest BCUT2D eigenvalue weighted by atomic mass is 16.2. The third-order valence-corrected chi connectivity index (χ3v) is 4.88. The molecule has 1 aromatic carbocycles. The number of benzene rings is 1. The van der Waals surface area contributed by atoms with Gasteiger partial charge in [0.15, 0.2) is 0 Å². The Bertz CT molecular complexity index is 671. The second-order valence-corrected chi connectivity index (χ2v) is 8.14. The van der Waals surface area contributed by atoms with Gasteiger partial charge in [0.1, 0.15) is 0 Å². The summed E-state index contributed by atoms with van der Waals surface area (Å²) in [6.07, 6.45) is 7.91. The first-order valence-corrected chi connectivity index (χ1v) is 9.60. The van der Waals surface area contributed by atoms with E-state index in [1.807, 2.05) is 24.3 Å². The molecule has 0 bridgehead atoms. The van der Waals surface area contributed by atoms with Crippen LogP contribution in [0.4, 0.5) is 5.69 Å². The van der Waals surface area contributed by atoms with Gasteiger partial charge in [-0.15, -0.1) is 0 Å². The highest BCUT2D eigenvalue weighted by molar-refractivity contribution is 5.95. The minimum absolute atomic E-state index is 0.0549. The molecule has 0 radical (unpaired) electrons. The summed E-state index contributed by atoms with van der Waals surface area (Å²) in [7, 11) is 0. The van der Waals surface area contributed by atoms with E-state index in [2.05, 4.69) is 32.2 Å². The molecular formula is C22H32N2O2. The van der Waals surface area contributed by atoms with Crippen molar-refractivity contribution in [3.63, 3.8) is 0 Å². The summed E-state index contributed by atoms with van der Waals surface area (Å²) >= 11 is 0. The Labute approximate surface area is 157 Å². The third-order valence-electron chi connectivity index (χ3n) is 4.88. The number of carbonyl (C=O) groups is 2. The van der Waals surface area contributed by atoms with Gasteiger partial charge in [-0.25, -0.2) is 0 Å². The summed E-state index contributed by atoms with van der Waals surface area (Å²) in [5, 5.41) is 2.99. The molecule has 1 aromatic rings. The molecule has 1 aliphatic rings. The van der Waals surface area contributed by atoms with Crippen LogP contribution in [-0.2, 0) is 15.0 Å². The van der Waals surface area contributed by atoms with E-state index in [0.717, 1.165) is 30.5 Å². The van der Waals surface area contributed by atoms with Crippen LogP contribution < -0.4 is 5.32 Å². The smallest absolute Gasteiger partial charge is 0.244 e. The molecule has 1 aliphatic carbocycles. The molecule has 0 saturated heterocycles. The molecule has 26 heavy (non-hydrogen) atoms. The maximum Gasteiger partial charge on any atom is 0.244 e. The first-order valence-electron chi connectivity index (χ1n) is 9.60. The molecule has 0 heterocycles. The summed E-state index contributed by atoms with van der Waals surface area (Å²) in [6.45, 7) is 8.61. The van der Waals surface area contributed by atoms with Gasteiger partial charge in [0.05, 0.1) is 6.54 Å². The van der Waals surface area contributed by atoms with E-state index in [9.17, 15) is 9.59 Å². The number of anilines is 1. The maximum absolute atomic E-state index is 12.5. The van der Waals surface area contributed by atoms with Gasteiger partial charge in [-0.3, -0.25) is 9.59 Å². The molecule has 1 N–H and O–H groups in total. The molecule has 0 aliphatic heterocycles. The van der Waals surface area contributed by atoms with Crippen molar-refractivity contribution >= 4 is 17.5 Å². The third kappa shape index (κ3) is 6.01. The Morgan fingerprint density at radius 3 is 2.50 bits per heavy atom. The number of amides is 2. The Kier molecular flexibility index (Phi) is 7.01. The Balaban J connectivity index is 1.98. The Morgan fingerprint density at radius 2 is 1.88 bits per heavy atom. The van der Waals surface area contributed by atoms with E-state index in [-0.39, 0.29) is 23.8 Å². The SMILES string of the molecule is CC(=O)N(CCC1=CCCCC1)CC(=O)Nc1ccccc1C(C)(C)C. The van der Waals surface area contributed by atoms with Gasteiger partial charge in [-0.05, 0) is 49.1 Å². The molecular weight excluding hydrogens is 324 g/mol. The summed E-state index contributed by atoms with van der Waals surface area (Å²) in [6, 6.07) is 7.86. The van der Waals surface area contributed by atoms with Crippen LogP contribution in [-0.4, -0.2) is 29.8 Å². The number of hydrogen-bond donors (Lipinski definition) is 1. The highest BCUT2D eigenvalue weighted by Crippen LogP contribution is 2.29. The molecule has 0 atom stereocenters. The van der Waals surface area contributed by atoms with Crippen LogP contribution in [0.1, 0.15) is 65.4 Å². The van der Waals surface area contributed by atoms with Gasteiger partial charge in [0.2, 0.25) is 11.8 Å². The van der Waals surface area contributed by atoms with Crippen molar-refractivity contribution in [1.82, 2.24) is 4.90 Å². The van der Waals surface area contributed by atoms with Crippen molar-refractivity contribution in [3.8, 4) is 0 Å². The monoisotopic (exact) mass is 356 g/mol. The van der Waals surface area contributed by atoms with Crippen LogP contribution >= 0.6 is 0 Å². The van der Waals surface area contributed by atoms with Gasteiger partial charge >= 0.3 is 0 Å². The molecule has 4 heteroatoms. The molecule has 2 rings (SSSR count). The summed E-state index contributed by atoms with van der Waals surface area (Å²) in [5.41, 5.74) is 3.27. The number of nitrogens with zero attached hydrogens (tertiary/aromatic N) is 1. The van der Waals surface area contributed by atoms with E-state index in [4.69, 9.17) is 0 Å². The lowest BCUT2D eigenvalue weighted by Gasteiger charge is -2.25. The first kappa shape index (κ1) is 20.2. The van der Waals surface area contributed by atoms with Crippen LogP contribution in [0.3, 0.4) is 0 Å². The molecule has 0 unspecified atom stereocenters. The van der Waals surface area contributed by atoms with Crippen LogP contribution in [0.5, 0.6) is 0 Å². The molecule has 0 aromatic heterocycles. The fourth-order valence-corrected chi connectivity index (χ4v) is 3.37.